The summed E-state index contributed by atoms with van der Waals surface area (Å²) in [7, 11) is -2.31. The third-order valence-corrected chi connectivity index (χ3v) is 8.00. The van der Waals surface area contributed by atoms with Gasteiger partial charge in [0.1, 0.15) is 23.1 Å². The average Bonchev–Trinajstić information content (AvgIpc) is 2.81. The van der Waals surface area contributed by atoms with Crippen LogP contribution in [-0.2, 0) is 14.8 Å². The van der Waals surface area contributed by atoms with Crippen LogP contribution in [0.3, 0.4) is 0 Å². The van der Waals surface area contributed by atoms with E-state index in [-0.39, 0.29) is 23.4 Å². The molecule has 0 spiro atoms. The Morgan fingerprint density at radius 1 is 1.24 bits per heavy atom. The van der Waals surface area contributed by atoms with Crippen LogP contribution in [0, 0.1) is 0 Å². The number of benzene rings is 2. The number of sulfonamides is 1. The smallest absolute Gasteiger partial charge is 0.244 e. The van der Waals surface area contributed by atoms with Crippen LogP contribution in [0.25, 0.3) is 0 Å². The molecule has 9 heteroatoms. The fraction of sp³-hybridized carbons (Fsp3) is 0.480. The second-order valence-corrected chi connectivity index (χ2v) is 10.9. The number of anilines is 1. The van der Waals surface area contributed by atoms with Crippen molar-refractivity contribution in [1.29, 1.82) is 0 Å². The van der Waals surface area contributed by atoms with Gasteiger partial charge in [0, 0.05) is 12.0 Å². The maximum Gasteiger partial charge on any atom is 0.244 e. The third kappa shape index (κ3) is 5.28. The Morgan fingerprint density at radius 3 is 2.47 bits per heavy atom. The molecule has 1 aliphatic heterocycles. The highest BCUT2D eigenvalue weighted by Crippen LogP contribution is 2.43. The van der Waals surface area contributed by atoms with Gasteiger partial charge in [-0.3, -0.25) is 9.10 Å². The number of halogens is 1. The van der Waals surface area contributed by atoms with E-state index in [4.69, 9.17) is 21.1 Å². The van der Waals surface area contributed by atoms with Crippen molar-refractivity contribution in [2.24, 2.45) is 0 Å². The SMILES string of the molecule is CC[C@@H](C(=O)N[C@@H]1CC(CC)(CC)Oc2ccccc21)N(c1ccc(OC)c(Cl)c1)S(C)(=O)=O. The minimum atomic E-state index is -3.80. The molecule has 1 aliphatic rings. The molecule has 2 aromatic carbocycles. The highest BCUT2D eigenvalue weighted by atomic mass is 35.5. The Balaban J connectivity index is 1.97. The van der Waals surface area contributed by atoms with Gasteiger partial charge in [-0.25, -0.2) is 8.42 Å². The summed E-state index contributed by atoms with van der Waals surface area (Å²) in [5.74, 6) is 0.797. The van der Waals surface area contributed by atoms with Crippen molar-refractivity contribution < 1.29 is 22.7 Å². The van der Waals surface area contributed by atoms with Crippen molar-refractivity contribution >= 4 is 33.2 Å². The zero-order valence-corrected chi connectivity index (χ0v) is 21.9. The number of amides is 1. The number of nitrogens with zero attached hydrogens (tertiary/aromatic N) is 1. The van der Waals surface area contributed by atoms with E-state index in [1.54, 1.807) is 19.1 Å². The Bertz CT molecular complexity index is 1130. The van der Waals surface area contributed by atoms with E-state index in [9.17, 15) is 13.2 Å². The number of rotatable bonds is 9. The Kier molecular flexibility index (Phi) is 8.03. The highest BCUT2D eigenvalue weighted by molar-refractivity contribution is 7.92. The average molecular weight is 509 g/mol. The van der Waals surface area contributed by atoms with E-state index >= 15 is 0 Å². The molecule has 0 fully saturated rings. The highest BCUT2D eigenvalue weighted by Gasteiger charge is 2.40. The van der Waals surface area contributed by atoms with Gasteiger partial charge in [0.25, 0.3) is 0 Å². The van der Waals surface area contributed by atoms with Crippen LogP contribution >= 0.6 is 11.6 Å². The first kappa shape index (κ1) is 26.2. The van der Waals surface area contributed by atoms with Crippen molar-refractivity contribution in [2.75, 3.05) is 17.7 Å². The number of hydrogen-bond acceptors (Lipinski definition) is 5. The fourth-order valence-corrected chi connectivity index (χ4v) is 6.01. The molecule has 2 aromatic rings. The number of fused-ring (bicyclic) bond motifs is 1. The van der Waals surface area contributed by atoms with Gasteiger partial charge in [0.2, 0.25) is 15.9 Å². The summed E-state index contributed by atoms with van der Waals surface area (Å²) in [4.78, 5) is 13.6. The van der Waals surface area contributed by atoms with Crippen LogP contribution in [-0.4, -0.2) is 39.3 Å². The van der Waals surface area contributed by atoms with Gasteiger partial charge < -0.3 is 14.8 Å². The number of para-hydroxylation sites is 1. The van der Waals surface area contributed by atoms with Crippen molar-refractivity contribution in [3.05, 3.63) is 53.1 Å². The van der Waals surface area contributed by atoms with Gasteiger partial charge in [-0.2, -0.15) is 0 Å². The van der Waals surface area contributed by atoms with Crippen LogP contribution in [0.15, 0.2) is 42.5 Å². The van der Waals surface area contributed by atoms with Crippen molar-refractivity contribution in [3.63, 3.8) is 0 Å². The lowest BCUT2D eigenvalue weighted by Crippen LogP contribution is -2.52. The molecule has 0 saturated carbocycles. The molecule has 7 nitrogen and oxygen atoms in total. The van der Waals surface area contributed by atoms with Crippen LogP contribution in [0.2, 0.25) is 5.02 Å². The zero-order valence-electron chi connectivity index (χ0n) is 20.3. The molecular weight excluding hydrogens is 476 g/mol. The number of ether oxygens (including phenoxy) is 2. The van der Waals surface area contributed by atoms with E-state index in [0.717, 1.165) is 34.7 Å². The van der Waals surface area contributed by atoms with Gasteiger partial charge in [0.05, 0.1) is 30.1 Å². The van der Waals surface area contributed by atoms with E-state index in [2.05, 4.69) is 19.2 Å². The van der Waals surface area contributed by atoms with Gasteiger partial charge in [-0.1, -0.05) is 50.6 Å². The summed E-state index contributed by atoms with van der Waals surface area (Å²) in [5.41, 5.74) is 0.800. The number of hydrogen-bond donors (Lipinski definition) is 1. The minimum absolute atomic E-state index is 0.262. The first-order valence-corrected chi connectivity index (χ1v) is 13.7. The van der Waals surface area contributed by atoms with E-state index < -0.39 is 21.7 Å². The molecule has 0 bridgehead atoms. The standard InChI is InChI=1S/C25H33ClN2O5S/c1-6-21(28(34(5,30)31)17-13-14-23(32-4)19(26)15-17)24(29)27-20-16-25(7-2,8-3)33-22-12-10-9-11-18(20)22/h9-15,20-21H,6-8,16H2,1-5H3,(H,27,29)/t20-,21+/m1/s1. The predicted octanol–water partition coefficient (Wildman–Crippen LogP) is 5.09. The summed E-state index contributed by atoms with van der Waals surface area (Å²) < 4.78 is 38.3. The molecule has 1 N–H and O–H groups in total. The maximum absolute atomic E-state index is 13.6. The van der Waals surface area contributed by atoms with Crippen LogP contribution in [0.5, 0.6) is 11.5 Å². The van der Waals surface area contributed by atoms with E-state index in [1.165, 1.54) is 13.2 Å². The lowest BCUT2D eigenvalue weighted by atomic mass is 9.83. The molecule has 34 heavy (non-hydrogen) atoms. The second-order valence-electron chi connectivity index (χ2n) is 8.60. The van der Waals surface area contributed by atoms with Crippen LogP contribution in [0.4, 0.5) is 5.69 Å². The lowest BCUT2D eigenvalue weighted by molar-refractivity contribution is -0.123. The monoisotopic (exact) mass is 508 g/mol. The van der Waals surface area contributed by atoms with Gasteiger partial charge >= 0.3 is 0 Å². The maximum atomic E-state index is 13.6. The summed E-state index contributed by atoms with van der Waals surface area (Å²) in [6.07, 6.45) is 3.55. The first-order chi connectivity index (χ1) is 16.1. The normalized spacial score (nSPS) is 17.8. The first-order valence-electron chi connectivity index (χ1n) is 11.5. The van der Waals surface area contributed by atoms with Crippen molar-refractivity contribution in [1.82, 2.24) is 5.32 Å². The molecule has 0 unspecified atom stereocenters. The topological polar surface area (TPSA) is 84.9 Å². The number of methoxy groups -OCH3 is 1. The second kappa shape index (κ2) is 10.4. The Morgan fingerprint density at radius 2 is 1.91 bits per heavy atom. The molecule has 186 valence electrons. The molecule has 1 heterocycles. The molecular formula is C25H33ClN2O5S. The van der Waals surface area contributed by atoms with E-state index in [1.807, 2.05) is 24.3 Å². The van der Waals surface area contributed by atoms with Crippen LogP contribution < -0.4 is 19.1 Å². The Hall–Kier alpha value is -2.45. The zero-order chi connectivity index (χ0) is 25.1. The van der Waals surface area contributed by atoms with Crippen molar-refractivity contribution in [3.8, 4) is 11.5 Å². The minimum Gasteiger partial charge on any atom is -0.495 e. The largest absolute Gasteiger partial charge is 0.495 e. The molecule has 0 aliphatic carbocycles. The van der Waals surface area contributed by atoms with Crippen molar-refractivity contribution in [2.45, 2.75) is 64.1 Å². The number of carbonyl (C=O) groups excluding carboxylic acids is 1. The van der Waals surface area contributed by atoms with E-state index in [0.29, 0.717) is 17.9 Å². The third-order valence-electron chi connectivity index (χ3n) is 6.52. The van der Waals surface area contributed by atoms with Gasteiger partial charge in [-0.05, 0) is 43.5 Å². The number of carbonyl (C=O) groups is 1. The molecule has 2 atom stereocenters. The van der Waals surface area contributed by atoms with Crippen LogP contribution in [0.1, 0.15) is 58.1 Å². The summed E-state index contributed by atoms with van der Waals surface area (Å²) in [6, 6.07) is 11.1. The lowest BCUT2D eigenvalue weighted by Gasteiger charge is -2.42. The Labute approximate surface area is 207 Å². The van der Waals surface area contributed by atoms with Gasteiger partial charge in [0.15, 0.2) is 0 Å². The molecule has 1 amide bonds. The molecule has 0 radical (unpaired) electrons. The molecule has 0 aromatic heterocycles. The summed E-state index contributed by atoms with van der Waals surface area (Å²) in [6.45, 7) is 5.93. The predicted molar refractivity (Wildman–Crippen MR) is 135 cm³/mol. The summed E-state index contributed by atoms with van der Waals surface area (Å²) >= 11 is 6.27. The summed E-state index contributed by atoms with van der Waals surface area (Å²) in [5, 5.41) is 3.39. The molecule has 0 saturated heterocycles. The molecule has 3 rings (SSSR count). The number of nitrogens with one attached hydrogen (secondary N) is 1. The quantitative estimate of drug-likeness (QED) is 0.510. The fourth-order valence-electron chi connectivity index (χ4n) is 4.55. The van der Waals surface area contributed by atoms with Gasteiger partial charge in [-0.15, -0.1) is 0 Å².